The molecule has 31 heavy (non-hydrogen) atoms. The van der Waals surface area contributed by atoms with Gasteiger partial charge >= 0.3 is 0 Å². The molecule has 0 amide bonds. The summed E-state index contributed by atoms with van der Waals surface area (Å²) in [6.45, 7) is 3.70. The van der Waals surface area contributed by atoms with Gasteiger partial charge in [-0.1, -0.05) is 43.2 Å². The number of ether oxygens (including phenoxy) is 1. The summed E-state index contributed by atoms with van der Waals surface area (Å²) < 4.78 is 5.71. The first-order valence-electron chi connectivity index (χ1n) is 10.4. The van der Waals surface area contributed by atoms with Crippen molar-refractivity contribution in [3.8, 4) is 5.75 Å². The molecule has 1 aromatic heterocycles. The van der Waals surface area contributed by atoms with Crippen molar-refractivity contribution in [1.82, 2.24) is 10.3 Å². The van der Waals surface area contributed by atoms with Crippen molar-refractivity contribution in [2.45, 2.75) is 57.8 Å². The molecule has 0 aliphatic heterocycles. The van der Waals surface area contributed by atoms with E-state index in [1.54, 1.807) is 6.07 Å². The monoisotopic (exact) mass is 474 g/mol. The zero-order valence-electron chi connectivity index (χ0n) is 18.1. The van der Waals surface area contributed by atoms with Gasteiger partial charge in [-0.15, -0.1) is 24.8 Å². The molecule has 0 fully saturated rings. The minimum absolute atomic E-state index is 0. The Balaban J connectivity index is 0.00000450. The number of nitrogens with one attached hydrogen (secondary N) is 1. The molecule has 4 N–H and O–H groups in total. The average Bonchev–Trinajstić information content (AvgIpc) is 2.75. The lowest BCUT2D eigenvalue weighted by Crippen LogP contribution is -2.30. The number of rotatable bonds is 14. The molecule has 2 atom stereocenters. The second-order valence-electron chi connectivity index (χ2n) is 7.38. The Bertz CT molecular complexity index is 707. The highest BCUT2D eigenvalue weighted by Crippen LogP contribution is 2.18. The number of aromatic nitrogens is 1. The topological polar surface area (TPSA) is 94.8 Å². The smallest absolute Gasteiger partial charge is 0.139 e. The Morgan fingerprint density at radius 3 is 2.45 bits per heavy atom. The molecule has 176 valence electrons. The van der Waals surface area contributed by atoms with Crippen LogP contribution >= 0.6 is 24.8 Å². The molecule has 0 saturated heterocycles. The van der Waals surface area contributed by atoms with Gasteiger partial charge in [-0.3, -0.25) is 0 Å². The van der Waals surface area contributed by atoms with Gasteiger partial charge in [0, 0.05) is 19.2 Å². The maximum atomic E-state index is 10.2. The van der Waals surface area contributed by atoms with Crippen molar-refractivity contribution in [3.05, 3.63) is 59.4 Å². The summed E-state index contributed by atoms with van der Waals surface area (Å²) in [6.07, 6.45) is 4.51. The highest BCUT2D eigenvalue weighted by atomic mass is 35.5. The average molecular weight is 475 g/mol. The third kappa shape index (κ3) is 11.7. The highest BCUT2D eigenvalue weighted by Gasteiger charge is 2.13. The van der Waals surface area contributed by atoms with Crippen LogP contribution in [0.2, 0.25) is 0 Å². The van der Waals surface area contributed by atoms with Crippen LogP contribution < -0.4 is 5.32 Å². The van der Waals surface area contributed by atoms with Crippen molar-refractivity contribution in [3.63, 3.8) is 0 Å². The molecule has 1 heterocycles. The summed E-state index contributed by atoms with van der Waals surface area (Å²) in [7, 11) is 0. The van der Waals surface area contributed by atoms with Gasteiger partial charge in [0.15, 0.2) is 0 Å². The highest BCUT2D eigenvalue weighted by molar-refractivity contribution is 5.85. The fraction of sp³-hybridized carbons (Fsp3) is 0.522. The lowest BCUT2D eigenvalue weighted by molar-refractivity contribution is 0.132. The fourth-order valence-corrected chi connectivity index (χ4v) is 3.10. The first-order chi connectivity index (χ1) is 14.1. The number of aliphatic hydroxyl groups is 2. The summed E-state index contributed by atoms with van der Waals surface area (Å²) in [6, 6.07) is 13.7. The SMILES string of the molecule is CC(CCCCCOCCc1ccccc1)NCC(O)c1ccc(O)c(CO)n1.Cl.Cl. The van der Waals surface area contributed by atoms with Crippen LogP contribution in [0, 0.1) is 0 Å². The van der Waals surface area contributed by atoms with Gasteiger partial charge in [0.25, 0.3) is 0 Å². The Labute approximate surface area is 197 Å². The van der Waals surface area contributed by atoms with Gasteiger partial charge in [0.2, 0.25) is 0 Å². The van der Waals surface area contributed by atoms with Crippen molar-refractivity contribution in [1.29, 1.82) is 0 Å². The summed E-state index contributed by atoms with van der Waals surface area (Å²) in [5.74, 6) is -0.0613. The molecule has 0 aliphatic carbocycles. The summed E-state index contributed by atoms with van der Waals surface area (Å²) >= 11 is 0. The first kappa shape index (κ1) is 29.6. The minimum atomic E-state index is -0.777. The molecule has 1 aromatic carbocycles. The number of nitrogens with zero attached hydrogens (tertiary/aromatic N) is 1. The van der Waals surface area contributed by atoms with Crippen LogP contribution in [0.4, 0.5) is 0 Å². The molecule has 0 radical (unpaired) electrons. The molecule has 0 bridgehead atoms. The quantitative estimate of drug-likeness (QED) is 0.309. The van der Waals surface area contributed by atoms with Crippen molar-refractivity contribution < 1.29 is 20.1 Å². The first-order valence-corrected chi connectivity index (χ1v) is 10.4. The number of hydrogen-bond acceptors (Lipinski definition) is 6. The van der Waals surface area contributed by atoms with E-state index in [9.17, 15) is 10.2 Å². The molecule has 2 aromatic rings. The molecule has 0 aliphatic rings. The van der Waals surface area contributed by atoms with Crippen molar-refractivity contribution >= 4 is 24.8 Å². The molecule has 0 spiro atoms. The van der Waals surface area contributed by atoms with E-state index in [1.165, 1.54) is 11.6 Å². The zero-order valence-corrected chi connectivity index (χ0v) is 19.7. The predicted molar refractivity (Wildman–Crippen MR) is 128 cm³/mol. The van der Waals surface area contributed by atoms with Crippen LogP contribution in [0.5, 0.6) is 5.75 Å². The van der Waals surface area contributed by atoms with E-state index in [2.05, 4.69) is 41.5 Å². The second-order valence-corrected chi connectivity index (χ2v) is 7.38. The second kappa shape index (κ2) is 17.2. The minimum Gasteiger partial charge on any atom is -0.506 e. The number of benzene rings is 1. The van der Waals surface area contributed by atoms with Crippen molar-refractivity contribution in [2.75, 3.05) is 19.8 Å². The van der Waals surface area contributed by atoms with Crippen LogP contribution in [-0.4, -0.2) is 46.1 Å². The fourth-order valence-electron chi connectivity index (χ4n) is 3.10. The molecule has 2 unspecified atom stereocenters. The van der Waals surface area contributed by atoms with E-state index >= 15 is 0 Å². The van der Waals surface area contributed by atoms with Crippen LogP contribution in [0.15, 0.2) is 42.5 Å². The summed E-state index contributed by atoms with van der Waals surface area (Å²) in [4.78, 5) is 4.09. The standard InChI is InChI=1S/C23H34N2O4.2ClH/c1-18(24-16-23(28)20-11-12-22(27)21(17-26)25-20)8-4-3-7-14-29-15-13-19-9-5-2-6-10-19;;/h2,5-6,9-12,18,23-24,26-28H,3-4,7-8,13-17H2,1H3;2*1H. The molecule has 6 nitrogen and oxygen atoms in total. The van der Waals surface area contributed by atoms with E-state index in [1.807, 2.05) is 6.07 Å². The van der Waals surface area contributed by atoms with Crippen LogP contribution in [0.3, 0.4) is 0 Å². The predicted octanol–water partition coefficient (Wildman–Crippen LogP) is 3.95. The van der Waals surface area contributed by atoms with Crippen molar-refractivity contribution in [2.24, 2.45) is 0 Å². The maximum absolute atomic E-state index is 10.2. The summed E-state index contributed by atoms with van der Waals surface area (Å²) in [5.41, 5.74) is 1.93. The Hall–Kier alpha value is -1.41. The van der Waals surface area contributed by atoms with Gasteiger partial charge in [-0.2, -0.15) is 0 Å². The van der Waals surface area contributed by atoms with Crippen LogP contribution in [0.25, 0.3) is 0 Å². The van der Waals surface area contributed by atoms with Gasteiger partial charge in [0.05, 0.1) is 18.9 Å². The Morgan fingerprint density at radius 1 is 1.00 bits per heavy atom. The Morgan fingerprint density at radius 2 is 1.74 bits per heavy atom. The van der Waals surface area contributed by atoms with Gasteiger partial charge < -0.3 is 25.4 Å². The van der Waals surface area contributed by atoms with Gasteiger partial charge in [-0.05, 0) is 43.9 Å². The van der Waals surface area contributed by atoms with Gasteiger partial charge in [0.1, 0.15) is 17.5 Å². The number of pyridine rings is 1. The lowest BCUT2D eigenvalue weighted by Gasteiger charge is -2.17. The third-order valence-electron chi connectivity index (χ3n) is 4.93. The van der Waals surface area contributed by atoms with E-state index in [4.69, 9.17) is 9.84 Å². The van der Waals surface area contributed by atoms with Crippen LogP contribution in [0.1, 0.15) is 55.7 Å². The molecule has 2 rings (SSSR count). The number of aromatic hydroxyl groups is 1. The molecule has 8 heteroatoms. The van der Waals surface area contributed by atoms with Gasteiger partial charge in [-0.25, -0.2) is 4.98 Å². The normalized spacial score (nSPS) is 12.5. The number of aliphatic hydroxyl groups excluding tert-OH is 2. The van der Waals surface area contributed by atoms with E-state index in [0.717, 1.165) is 45.3 Å². The van der Waals surface area contributed by atoms with E-state index in [0.29, 0.717) is 12.2 Å². The van der Waals surface area contributed by atoms with E-state index in [-0.39, 0.29) is 48.9 Å². The number of hydrogen-bond donors (Lipinski definition) is 4. The molecular formula is C23H36Cl2N2O4. The summed E-state index contributed by atoms with van der Waals surface area (Å²) in [5, 5.41) is 32.3. The molecule has 0 saturated carbocycles. The van der Waals surface area contributed by atoms with Crippen LogP contribution in [-0.2, 0) is 17.8 Å². The van der Waals surface area contributed by atoms with E-state index < -0.39 is 6.10 Å². The molecular weight excluding hydrogens is 439 g/mol. The zero-order chi connectivity index (χ0) is 20.9. The largest absolute Gasteiger partial charge is 0.506 e. The maximum Gasteiger partial charge on any atom is 0.139 e. The lowest BCUT2D eigenvalue weighted by atomic mass is 10.1. The number of halogens is 2. The Kier molecular flexibility index (Phi) is 16.4. The third-order valence-corrected chi connectivity index (χ3v) is 4.93. The number of unbranched alkanes of at least 4 members (excludes halogenated alkanes) is 2.